The van der Waals surface area contributed by atoms with Crippen LogP contribution in [0, 0.1) is 0 Å². The Morgan fingerprint density at radius 2 is 2.17 bits per heavy atom. The highest BCUT2D eigenvalue weighted by molar-refractivity contribution is 5.78. The number of rotatable bonds is 7. The molecule has 2 heterocycles. The lowest BCUT2D eigenvalue weighted by molar-refractivity contribution is -0.119. The minimum absolute atomic E-state index is 0.366. The normalized spacial score (nSPS) is 19.0. The van der Waals surface area contributed by atoms with Gasteiger partial charge in [-0.1, -0.05) is 0 Å². The summed E-state index contributed by atoms with van der Waals surface area (Å²) in [5.41, 5.74) is 1.19. The highest BCUT2D eigenvalue weighted by Crippen LogP contribution is 2.18. The van der Waals surface area contributed by atoms with Gasteiger partial charge in [0.05, 0.1) is 6.10 Å². The van der Waals surface area contributed by atoms with Crippen LogP contribution in [-0.4, -0.2) is 23.5 Å². The molecule has 0 bridgehead atoms. The number of pyridine rings is 1. The van der Waals surface area contributed by atoms with Crippen molar-refractivity contribution in [1.29, 1.82) is 0 Å². The molecule has 1 fully saturated rings. The Balaban J connectivity index is 1.57. The first-order valence-corrected chi connectivity index (χ1v) is 6.87. The van der Waals surface area contributed by atoms with Crippen LogP contribution in [0.25, 0.3) is 0 Å². The van der Waals surface area contributed by atoms with Crippen molar-refractivity contribution in [2.24, 2.45) is 0 Å². The lowest BCUT2D eigenvalue weighted by Crippen LogP contribution is -2.06. The van der Waals surface area contributed by atoms with E-state index in [2.05, 4.69) is 4.98 Å². The SMILES string of the molecule is O=C(CCCC1CCCO1)CCc1ccncc1. The Bertz CT molecular complexity index is 358. The fraction of sp³-hybridized carbons (Fsp3) is 0.600. The maximum absolute atomic E-state index is 11.7. The van der Waals surface area contributed by atoms with E-state index < -0.39 is 0 Å². The molecular formula is C15H21NO2. The zero-order valence-electron chi connectivity index (χ0n) is 10.8. The van der Waals surface area contributed by atoms with Gasteiger partial charge in [0.2, 0.25) is 0 Å². The van der Waals surface area contributed by atoms with Gasteiger partial charge in [-0.3, -0.25) is 9.78 Å². The number of aromatic nitrogens is 1. The van der Waals surface area contributed by atoms with E-state index >= 15 is 0 Å². The molecule has 3 heteroatoms. The van der Waals surface area contributed by atoms with Gasteiger partial charge >= 0.3 is 0 Å². The fourth-order valence-electron chi connectivity index (χ4n) is 2.36. The highest BCUT2D eigenvalue weighted by Gasteiger charge is 2.15. The van der Waals surface area contributed by atoms with Gasteiger partial charge in [0.15, 0.2) is 0 Å². The Kier molecular flexibility index (Phi) is 5.34. The molecular weight excluding hydrogens is 226 g/mol. The number of carbonyl (C=O) groups is 1. The largest absolute Gasteiger partial charge is 0.378 e. The molecule has 2 rings (SSSR count). The molecule has 1 atom stereocenters. The van der Waals surface area contributed by atoms with E-state index in [0.717, 1.165) is 25.9 Å². The number of aryl methyl sites for hydroxylation is 1. The van der Waals surface area contributed by atoms with Crippen LogP contribution in [0.4, 0.5) is 0 Å². The standard InChI is InChI=1S/C15H21NO2/c17-14(3-1-4-15-5-2-12-18-15)7-6-13-8-10-16-11-9-13/h8-11,15H,1-7,12H2. The molecule has 1 aromatic rings. The Morgan fingerprint density at radius 3 is 2.89 bits per heavy atom. The van der Waals surface area contributed by atoms with Crippen molar-refractivity contribution in [3.05, 3.63) is 30.1 Å². The van der Waals surface area contributed by atoms with Gasteiger partial charge in [-0.2, -0.15) is 0 Å². The topological polar surface area (TPSA) is 39.2 Å². The van der Waals surface area contributed by atoms with E-state index in [0.29, 0.717) is 24.7 Å². The van der Waals surface area contributed by atoms with Crippen LogP contribution in [0.3, 0.4) is 0 Å². The number of nitrogens with zero attached hydrogens (tertiary/aromatic N) is 1. The second-order valence-electron chi connectivity index (χ2n) is 4.92. The predicted molar refractivity (Wildman–Crippen MR) is 70.4 cm³/mol. The lowest BCUT2D eigenvalue weighted by Gasteiger charge is -2.08. The van der Waals surface area contributed by atoms with Crippen molar-refractivity contribution in [3.63, 3.8) is 0 Å². The summed E-state index contributed by atoms with van der Waals surface area (Å²) in [6.45, 7) is 0.903. The zero-order valence-corrected chi connectivity index (χ0v) is 10.8. The molecule has 0 N–H and O–H groups in total. The van der Waals surface area contributed by atoms with Crippen molar-refractivity contribution in [1.82, 2.24) is 4.98 Å². The lowest BCUT2D eigenvalue weighted by atomic mass is 10.0. The second-order valence-corrected chi connectivity index (χ2v) is 4.92. The van der Waals surface area contributed by atoms with Crippen molar-refractivity contribution < 1.29 is 9.53 Å². The molecule has 0 radical (unpaired) electrons. The summed E-state index contributed by atoms with van der Waals surface area (Å²) in [6, 6.07) is 3.94. The molecule has 0 spiro atoms. The fourth-order valence-corrected chi connectivity index (χ4v) is 2.36. The molecule has 1 aliphatic heterocycles. The van der Waals surface area contributed by atoms with Crippen LogP contribution in [0.1, 0.15) is 44.1 Å². The van der Waals surface area contributed by atoms with Crippen molar-refractivity contribution in [3.8, 4) is 0 Å². The smallest absolute Gasteiger partial charge is 0.133 e. The van der Waals surface area contributed by atoms with E-state index in [-0.39, 0.29) is 0 Å². The van der Waals surface area contributed by atoms with Crippen LogP contribution in [0.2, 0.25) is 0 Å². The number of carbonyl (C=O) groups excluding carboxylic acids is 1. The first-order chi connectivity index (χ1) is 8.84. The summed E-state index contributed by atoms with van der Waals surface area (Å²) in [4.78, 5) is 15.7. The van der Waals surface area contributed by atoms with Crippen LogP contribution < -0.4 is 0 Å². The molecule has 0 aromatic carbocycles. The Labute approximate surface area is 109 Å². The second kappa shape index (κ2) is 7.27. The molecule has 3 nitrogen and oxygen atoms in total. The van der Waals surface area contributed by atoms with Crippen LogP contribution in [-0.2, 0) is 16.0 Å². The zero-order chi connectivity index (χ0) is 12.6. The Hall–Kier alpha value is -1.22. The average Bonchev–Trinajstić information content (AvgIpc) is 2.91. The van der Waals surface area contributed by atoms with E-state index in [1.54, 1.807) is 12.4 Å². The Morgan fingerprint density at radius 1 is 1.33 bits per heavy atom. The summed E-state index contributed by atoms with van der Waals surface area (Å²) in [7, 11) is 0. The maximum atomic E-state index is 11.7. The van der Waals surface area contributed by atoms with Gasteiger partial charge < -0.3 is 4.74 Å². The quantitative estimate of drug-likeness (QED) is 0.743. The number of ether oxygens (including phenoxy) is 1. The third-order valence-corrected chi connectivity index (χ3v) is 3.45. The van der Waals surface area contributed by atoms with E-state index in [1.807, 2.05) is 12.1 Å². The first kappa shape index (κ1) is 13.2. The predicted octanol–water partition coefficient (Wildman–Crippen LogP) is 2.93. The third kappa shape index (κ3) is 4.57. The summed E-state index contributed by atoms with van der Waals surface area (Å²) in [5.74, 6) is 0.366. The number of ketones is 1. The number of Topliss-reactive ketones (excluding diaryl/α,β-unsaturated/α-hetero) is 1. The molecule has 18 heavy (non-hydrogen) atoms. The number of hydrogen-bond acceptors (Lipinski definition) is 3. The molecule has 1 aliphatic rings. The first-order valence-electron chi connectivity index (χ1n) is 6.87. The third-order valence-electron chi connectivity index (χ3n) is 3.45. The average molecular weight is 247 g/mol. The van der Waals surface area contributed by atoms with Crippen molar-refractivity contribution in [2.45, 2.75) is 51.0 Å². The summed E-state index contributed by atoms with van der Waals surface area (Å²) >= 11 is 0. The van der Waals surface area contributed by atoms with Gasteiger partial charge in [-0.05, 0) is 49.8 Å². The molecule has 0 saturated carbocycles. The highest BCUT2D eigenvalue weighted by atomic mass is 16.5. The van der Waals surface area contributed by atoms with Crippen LogP contribution in [0.15, 0.2) is 24.5 Å². The molecule has 0 amide bonds. The van der Waals surface area contributed by atoms with Crippen molar-refractivity contribution >= 4 is 5.78 Å². The summed E-state index contributed by atoms with van der Waals surface area (Å²) in [5, 5.41) is 0. The van der Waals surface area contributed by atoms with Gasteiger partial charge in [0.25, 0.3) is 0 Å². The summed E-state index contributed by atoms with van der Waals surface area (Å²) < 4.78 is 5.55. The van der Waals surface area contributed by atoms with Crippen LogP contribution in [0.5, 0.6) is 0 Å². The molecule has 1 saturated heterocycles. The van der Waals surface area contributed by atoms with Gasteiger partial charge in [0.1, 0.15) is 5.78 Å². The van der Waals surface area contributed by atoms with Crippen LogP contribution >= 0.6 is 0 Å². The van der Waals surface area contributed by atoms with E-state index in [1.165, 1.54) is 18.4 Å². The van der Waals surface area contributed by atoms with Crippen molar-refractivity contribution in [2.75, 3.05) is 6.61 Å². The maximum Gasteiger partial charge on any atom is 0.133 e. The van der Waals surface area contributed by atoms with Gasteiger partial charge in [0, 0.05) is 31.8 Å². The van der Waals surface area contributed by atoms with E-state index in [9.17, 15) is 4.79 Å². The molecule has 0 aliphatic carbocycles. The minimum atomic E-state index is 0.366. The van der Waals surface area contributed by atoms with Gasteiger partial charge in [-0.15, -0.1) is 0 Å². The number of hydrogen-bond donors (Lipinski definition) is 0. The molecule has 98 valence electrons. The summed E-state index contributed by atoms with van der Waals surface area (Å²) in [6.07, 6.45) is 10.5. The molecule has 1 unspecified atom stereocenters. The minimum Gasteiger partial charge on any atom is -0.378 e. The van der Waals surface area contributed by atoms with E-state index in [4.69, 9.17) is 4.74 Å². The molecule has 1 aromatic heterocycles. The monoisotopic (exact) mass is 247 g/mol. The van der Waals surface area contributed by atoms with Gasteiger partial charge in [-0.25, -0.2) is 0 Å².